The third-order valence-electron chi connectivity index (χ3n) is 4.79. The summed E-state index contributed by atoms with van der Waals surface area (Å²) >= 11 is 0. The van der Waals surface area contributed by atoms with Crippen molar-refractivity contribution < 1.29 is 9.53 Å². The third-order valence-corrected chi connectivity index (χ3v) is 4.79. The number of carbonyl (C=O) groups excluding carboxylic acids is 1. The van der Waals surface area contributed by atoms with Crippen LogP contribution in [0.4, 0.5) is 0 Å². The highest BCUT2D eigenvalue weighted by atomic mass is 16.5. The van der Waals surface area contributed by atoms with Crippen molar-refractivity contribution in [3.05, 3.63) is 46.8 Å². The zero-order valence-electron chi connectivity index (χ0n) is 13.8. The molecule has 1 amide bonds. The van der Waals surface area contributed by atoms with E-state index in [4.69, 9.17) is 4.74 Å². The van der Waals surface area contributed by atoms with Crippen molar-refractivity contribution in [2.45, 2.75) is 38.4 Å². The molecular formula is C18H22N4O2. The molecule has 1 aliphatic carbocycles. The molecule has 1 aliphatic heterocycles. The molecule has 2 aliphatic rings. The summed E-state index contributed by atoms with van der Waals surface area (Å²) in [6.07, 6.45) is 3.02. The topological polar surface area (TPSA) is 70.2 Å². The quantitative estimate of drug-likeness (QED) is 0.880. The lowest BCUT2D eigenvalue weighted by atomic mass is 10.1. The van der Waals surface area contributed by atoms with Gasteiger partial charge in [0.15, 0.2) is 5.69 Å². The molecule has 2 aromatic rings. The van der Waals surface area contributed by atoms with Gasteiger partial charge in [-0.25, -0.2) is 0 Å². The molecule has 1 aromatic carbocycles. The van der Waals surface area contributed by atoms with Crippen LogP contribution in [-0.2, 0) is 19.5 Å². The largest absolute Gasteiger partial charge is 0.496 e. The second kappa shape index (κ2) is 6.28. The first-order valence-electron chi connectivity index (χ1n) is 8.47. The fraction of sp³-hybridized carbons (Fsp3) is 0.444. The number of aromatic amines is 1. The van der Waals surface area contributed by atoms with Gasteiger partial charge in [-0.15, -0.1) is 0 Å². The summed E-state index contributed by atoms with van der Waals surface area (Å²) in [7, 11) is 1.66. The molecule has 126 valence electrons. The molecule has 2 heterocycles. The molecular weight excluding hydrogens is 304 g/mol. The van der Waals surface area contributed by atoms with E-state index in [1.807, 2.05) is 29.2 Å². The van der Waals surface area contributed by atoms with Crippen molar-refractivity contribution in [3.63, 3.8) is 0 Å². The Labute approximate surface area is 141 Å². The van der Waals surface area contributed by atoms with E-state index in [1.54, 1.807) is 7.11 Å². The van der Waals surface area contributed by atoms with Gasteiger partial charge in [-0.2, -0.15) is 5.10 Å². The van der Waals surface area contributed by atoms with Crippen LogP contribution in [0.25, 0.3) is 0 Å². The maximum atomic E-state index is 13.1. The number of benzene rings is 1. The van der Waals surface area contributed by atoms with E-state index < -0.39 is 0 Å². The smallest absolute Gasteiger partial charge is 0.275 e. The Bertz CT molecular complexity index is 751. The number of nitrogens with one attached hydrogen (secondary N) is 2. The van der Waals surface area contributed by atoms with Crippen molar-refractivity contribution >= 4 is 5.91 Å². The summed E-state index contributed by atoms with van der Waals surface area (Å²) in [5.74, 6) is 0.839. The zero-order chi connectivity index (χ0) is 16.5. The van der Waals surface area contributed by atoms with E-state index in [9.17, 15) is 4.79 Å². The predicted molar refractivity (Wildman–Crippen MR) is 89.9 cm³/mol. The fourth-order valence-electron chi connectivity index (χ4n) is 3.31. The highest BCUT2D eigenvalue weighted by Gasteiger charge is 2.36. The van der Waals surface area contributed by atoms with Crippen molar-refractivity contribution in [3.8, 4) is 5.75 Å². The van der Waals surface area contributed by atoms with E-state index in [0.29, 0.717) is 24.8 Å². The first-order chi connectivity index (χ1) is 11.8. The first kappa shape index (κ1) is 15.2. The number of carbonyl (C=O) groups is 1. The summed E-state index contributed by atoms with van der Waals surface area (Å²) < 4.78 is 5.44. The van der Waals surface area contributed by atoms with Crippen LogP contribution in [0.1, 0.15) is 40.2 Å². The number of ether oxygens (including phenoxy) is 1. The van der Waals surface area contributed by atoms with E-state index in [2.05, 4.69) is 15.5 Å². The maximum Gasteiger partial charge on any atom is 0.275 e. The molecule has 1 aromatic heterocycles. The first-order valence-corrected chi connectivity index (χ1v) is 8.47. The molecule has 0 radical (unpaired) electrons. The lowest BCUT2D eigenvalue weighted by molar-refractivity contribution is 0.0721. The van der Waals surface area contributed by atoms with Crippen LogP contribution in [0.5, 0.6) is 5.75 Å². The maximum absolute atomic E-state index is 13.1. The van der Waals surface area contributed by atoms with Crippen LogP contribution in [0.15, 0.2) is 24.3 Å². The van der Waals surface area contributed by atoms with Crippen LogP contribution in [-0.4, -0.2) is 40.7 Å². The minimum Gasteiger partial charge on any atom is -0.496 e. The predicted octanol–water partition coefficient (Wildman–Crippen LogP) is 1.87. The highest BCUT2D eigenvalue weighted by Crippen LogP contribution is 2.32. The number of H-pyrrole nitrogens is 1. The summed E-state index contributed by atoms with van der Waals surface area (Å²) in [5, 5.41) is 10.7. The lowest BCUT2D eigenvalue weighted by Crippen LogP contribution is -2.34. The van der Waals surface area contributed by atoms with Gasteiger partial charge in [0, 0.05) is 48.9 Å². The van der Waals surface area contributed by atoms with Crippen molar-refractivity contribution in [1.29, 1.82) is 0 Å². The number of methoxy groups -OCH3 is 1. The number of hydrogen-bond acceptors (Lipinski definition) is 4. The minimum atomic E-state index is 0.0182. The van der Waals surface area contributed by atoms with Gasteiger partial charge in [0.05, 0.1) is 7.11 Å². The Balaban J connectivity index is 1.61. The SMILES string of the molecule is COc1ccccc1CN(C(=O)c1n[nH]c2c1CNCC2)C1CC1. The average molecular weight is 326 g/mol. The van der Waals surface area contributed by atoms with E-state index in [0.717, 1.165) is 48.4 Å². The molecule has 0 atom stereocenters. The second-order valence-electron chi connectivity index (χ2n) is 6.43. The molecule has 4 rings (SSSR count). The summed E-state index contributed by atoms with van der Waals surface area (Å²) in [6, 6.07) is 8.19. The number of amides is 1. The Morgan fingerprint density at radius 2 is 2.21 bits per heavy atom. The molecule has 2 N–H and O–H groups in total. The van der Waals surface area contributed by atoms with Crippen molar-refractivity contribution in [2.75, 3.05) is 13.7 Å². The zero-order valence-corrected chi connectivity index (χ0v) is 13.8. The molecule has 1 fully saturated rings. The molecule has 0 saturated heterocycles. The molecule has 0 spiro atoms. The summed E-state index contributed by atoms with van der Waals surface area (Å²) in [5.41, 5.74) is 3.71. The van der Waals surface area contributed by atoms with Gasteiger partial charge in [-0.05, 0) is 18.9 Å². The Kier molecular flexibility index (Phi) is 3.98. The monoisotopic (exact) mass is 326 g/mol. The van der Waals surface area contributed by atoms with Gasteiger partial charge >= 0.3 is 0 Å². The lowest BCUT2D eigenvalue weighted by Gasteiger charge is -2.23. The number of para-hydroxylation sites is 1. The minimum absolute atomic E-state index is 0.0182. The number of aromatic nitrogens is 2. The molecule has 0 bridgehead atoms. The summed E-state index contributed by atoms with van der Waals surface area (Å²) in [6.45, 7) is 2.19. The van der Waals surface area contributed by atoms with Crippen molar-refractivity contribution in [2.24, 2.45) is 0 Å². The fourth-order valence-corrected chi connectivity index (χ4v) is 3.31. The molecule has 24 heavy (non-hydrogen) atoms. The Morgan fingerprint density at radius 3 is 3.00 bits per heavy atom. The van der Waals surface area contributed by atoms with Gasteiger partial charge in [0.25, 0.3) is 5.91 Å². The Morgan fingerprint density at radius 1 is 1.38 bits per heavy atom. The molecule has 6 heteroatoms. The molecule has 1 saturated carbocycles. The van der Waals surface area contributed by atoms with Gasteiger partial charge in [0.2, 0.25) is 0 Å². The standard InChI is InChI=1S/C18H22N4O2/c1-24-16-5-3-2-4-12(16)11-22(13-6-7-13)18(23)17-14-10-19-9-8-15(14)20-21-17/h2-5,13,19H,6-11H2,1H3,(H,20,21). The van der Waals surface area contributed by atoms with Crippen LogP contribution in [0.3, 0.4) is 0 Å². The van der Waals surface area contributed by atoms with E-state index in [-0.39, 0.29) is 5.91 Å². The summed E-state index contributed by atoms with van der Waals surface area (Å²) in [4.78, 5) is 15.1. The van der Waals surface area contributed by atoms with E-state index in [1.165, 1.54) is 0 Å². The van der Waals surface area contributed by atoms with Crippen LogP contribution in [0.2, 0.25) is 0 Å². The van der Waals surface area contributed by atoms with Crippen LogP contribution >= 0.6 is 0 Å². The van der Waals surface area contributed by atoms with Crippen molar-refractivity contribution in [1.82, 2.24) is 20.4 Å². The Hall–Kier alpha value is -2.34. The normalized spacial score (nSPS) is 16.5. The van der Waals surface area contributed by atoms with Crippen LogP contribution < -0.4 is 10.1 Å². The van der Waals surface area contributed by atoms with Gasteiger partial charge < -0.3 is 15.0 Å². The van der Waals surface area contributed by atoms with Gasteiger partial charge in [-0.3, -0.25) is 9.89 Å². The number of fused-ring (bicyclic) bond motifs is 1. The number of rotatable bonds is 5. The van der Waals surface area contributed by atoms with Gasteiger partial charge in [0.1, 0.15) is 5.75 Å². The van der Waals surface area contributed by atoms with E-state index >= 15 is 0 Å². The highest BCUT2D eigenvalue weighted by molar-refractivity contribution is 5.94. The number of hydrogen-bond donors (Lipinski definition) is 2. The second-order valence-corrected chi connectivity index (χ2v) is 6.43. The average Bonchev–Trinajstić information content (AvgIpc) is 3.37. The van der Waals surface area contributed by atoms with Gasteiger partial charge in [-0.1, -0.05) is 18.2 Å². The number of nitrogens with zero attached hydrogens (tertiary/aromatic N) is 2. The molecule has 6 nitrogen and oxygen atoms in total. The van der Waals surface area contributed by atoms with Crippen LogP contribution in [0, 0.1) is 0 Å². The third kappa shape index (κ3) is 2.78. The molecule has 0 unspecified atom stereocenters.